The minimum atomic E-state index is 0.253. The van der Waals surface area contributed by atoms with Gasteiger partial charge in [-0.15, -0.1) is 0 Å². The summed E-state index contributed by atoms with van der Waals surface area (Å²) in [6, 6.07) is 0.984. The summed E-state index contributed by atoms with van der Waals surface area (Å²) < 4.78 is 0. The maximum Gasteiger partial charge on any atom is 0.225 e. The average Bonchev–Trinajstić information content (AvgIpc) is 2.37. The Labute approximate surface area is 111 Å². The zero-order valence-corrected chi connectivity index (χ0v) is 12.1. The van der Waals surface area contributed by atoms with Crippen molar-refractivity contribution >= 4 is 5.91 Å². The first-order chi connectivity index (χ1) is 8.58. The maximum atomic E-state index is 12.5. The molecule has 104 valence electrons. The summed E-state index contributed by atoms with van der Waals surface area (Å²) in [5.74, 6) is 1.43. The van der Waals surface area contributed by atoms with Crippen LogP contribution in [0.15, 0.2) is 0 Å². The van der Waals surface area contributed by atoms with Crippen LogP contribution in [-0.4, -0.2) is 36.5 Å². The van der Waals surface area contributed by atoms with E-state index in [0.717, 1.165) is 25.3 Å². The van der Waals surface area contributed by atoms with Crippen LogP contribution in [0.4, 0.5) is 0 Å². The van der Waals surface area contributed by atoms with E-state index < -0.39 is 0 Å². The molecule has 3 heteroatoms. The molecule has 0 aromatic rings. The van der Waals surface area contributed by atoms with Gasteiger partial charge in [-0.2, -0.15) is 0 Å². The first-order valence-electron chi connectivity index (χ1n) is 7.58. The van der Waals surface area contributed by atoms with E-state index in [-0.39, 0.29) is 5.92 Å². The maximum absolute atomic E-state index is 12.5. The van der Waals surface area contributed by atoms with Crippen molar-refractivity contribution < 1.29 is 4.79 Å². The van der Waals surface area contributed by atoms with Crippen molar-refractivity contribution in [3.8, 4) is 0 Å². The molecule has 1 aliphatic carbocycles. The lowest BCUT2D eigenvalue weighted by Gasteiger charge is -2.37. The highest BCUT2D eigenvalue weighted by atomic mass is 16.2. The Morgan fingerprint density at radius 3 is 2.61 bits per heavy atom. The highest BCUT2D eigenvalue weighted by molar-refractivity contribution is 5.79. The highest BCUT2D eigenvalue weighted by Gasteiger charge is 2.31. The number of amides is 1. The average molecular weight is 252 g/mol. The van der Waals surface area contributed by atoms with Gasteiger partial charge in [-0.1, -0.05) is 19.8 Å². The van der Waals surface area contributed by atoms with Gasteiger partial charge in [-0.05, 0) is 45.1 Å². The molecule has 1 amide bonds. The summed E-state index contributed by atoms with van der Waals surface area (Å²) in [6.45, 7) is 5.49. The Bertz CT molecular complexity index is 292. The number of nitrogens with zero attached hydrogens (tertiary/aromatic N) is 1. The SMILES string of the molecule is CC1CCCC(N(C)C(=O)[C@H]2CCN[C@@H](C)C2)C1. The van der Waals surface area contributed by atoms with E-state index in [4.69, 9.17) is 0 Å². The molecule has 1 saturated carbocycles. The van der Waals surface area contributed by atoms with E-state index in [1.807, 2.05) is 7.05 Å². The summed E-state index contributed by atoms with van der Waals surface area (Å²) in [6.07, 6.45) is 7.03. The molecule has 3 nitrogen and oxygen atoms in total. The third kappa shape index (κ3) is 3.25. The van der Waals surface area contributed by atoms with E-state index in [2.05, 4.69) is 24.1 Å². The van der Waals surface area contributed by atoms with Crippen molar-refractivity contribution in [3.05, 3.63) is 0 Å². The number of hydrogen-bond acceptors (Lipinski definition) is 2. The minimum Gasteiger partial charge on any atom is -0.343 e. The van der Waals surface area contributed by atoms with E-state index in [0.29, 0.717) is 18.0 Å². The summed E-state index contributed by atoms with van der Waals surface area (Å²) in [5.41, 5.74) is 0. The molecule has 1 N–H and O–H groups in total. The second-order valence-electron chi connectivity index (χ2n) is 6.45. The number of carbonyl (C=O) groups is 1. The van der Waals surface area contributed by atoms with Gasteiger partial charge in [-0.25, -0.2) is 0 Å². The standard InChI is InChI=1S/C15H28N2O/c1-11-5-4-6-14(9-11)17(3)15(18)13-7-8-16-12(2)10-13/h11-14,16H,4-10H2,1-3H3/t11?,12-,13-,14?/m0/s1. The number of piperidine rings is 1. The van der Waals surface area contributed by atoms with Crippen molar-refractivity contribution in [2.75, 3.05) is 13.6 Å². The molecule has 2 fully saturated rings. The fourth-order valence-corrected chi connectivity index (χ4v) is 3.58. The Morgan fingerprint density at radius 1 is 1.17 bits per heavy atom. The fraction of sp³-hybridized carbons (Fsp3) is 0.933. The molecule has 0 aromatic heterocycles. The van der Waals surface area contributed by atoms with Gasteiger partial charge in [0.1, 0.15) is 0 Å². The van der Waals surface area contributed by atoms with Crippen LogP contribution in [0.3, 0.4) is 0 Å². The van der Waals surface area contributed by atoms with Crippen molar-refractivity contribution in [1.29, 1.82) is 0 Å². The number of rotatable bonds is 2. The predicted molar refractivity (Wildman–Crippen MR) is 74.4 cm³/mol. The quantitative estimate of drug-likeness (QED) is 0.818. The Kier molecular flexibility index (Phi) is 4.66. The Hall–Kier alpha value is -0.570. The molecule has 18 heavy (non-hydrogen) atoms. The summed E-state index contributed by atoms with van der Waals surface area (Å²) in [4.78, 5) is 14.6. The fourth-order valence-electron chi connectivity index (χ4n) is 3.58. The number of hydrogen-bond donors (Lipinski definition) is 1. The lowest BCUT2D eigenvalue weighted by atomic mass is 9.85. The molecule has 0 spiro atoms. The third-order valence-corrected chi connectivity index (χ3v) is 4.78. The van der Waals surface area contributed by atoms with Crippen LogP contribution in [0.5, 0.6) is 0 Å². The lowest BCUT2D eigenvalue weighted by Crippen LogP contribution is -2.47. The largest absolute Gasteiger partial charge is 0.343 e. The van der Waals surface area contributed by atoms with Gasteiger partial charge in [0.2, 0.25) is 5.91 Å². The van der Waals surface area contributed by atoms with Crippen LogP contribution in [0.2, 0.25) is 0 Å². The number of carbonyl (C=O) groups excluding carboxylic acids is 1. The molecule has 1 aliphatic heterocycles. The summed E-state index contributed by atoms with van der Waals surface area (Å²) in [7, 11) is 2.03. The van der Waals surface area contributed by atoms with E-state index >= 15 is 0 Å². The molecule has 2 aliphatic rings. The van der Waals surface area contributed by atoms with E-state index in [1.54, 1.807) is 0 Å². The molecule has 1 heterocycles. The van der Waals surface area contributed by atoms with Crippen LogP contribution < -0.4 is 5.32 Å². The second-order valence-corrected chi connectivity index (χ2v) is 6.45. The van der Waals surface area contributed by atoms with Gasteiger partial charge in [0, 0.05) is 25.0 Å². The first kappa shape index (κ1) is 13.9. The molecule has 4 atom stereocenters. The number of nitrogens with one attached hydrogen (secondary N) is 1. The minimum absolute atomic E-state index is 0.253. The molecule has 0 aromatic carbocycles. The topological polar surface area (TPSA) is 32.3 Å². The van der Waals surface area contributed by atoms with Crippen molar-refractivity contribution in [3.63, 3.8) is 0 Å². The molecule has 2 rings (SSSR count). The van der Waals surface area contributed by atoms with E-state index in [9.17, 15) is 4.79 Å². The van der Waals surface area contributed by atoms with Gasteiger partial charge >= 0.3 is 0 Å². The van der Waals surface area contributed by atoms with Gasteiger partial charge in [-0.3, -0.25) is 4.79 Å². The Balaban J connectivity index is 1.91. The first-order valence-corrected chi connectivity index (χ1v) is 7.58. The molecule has 0 bridgehead atoms. The lowest BCUT2D eigenvalue weighted by molar-refractivity contribution is -0.138. The van der Waals surface area contributed by atoms with Crippen molar-refractivity contribution in [2.45, 2.75) is 64.5 Å². The zero-order chi connectivity index (χ0) is 13.1. The predicted octanol–water partition coefficient (Wildman–Crippen LogP) is 2.41. The normalized spacial score (nSPS) is 37.3. The van der Waals surface area contributed by atoms with Gasteiger partial charge in [0.25, 0.3) is 0 Å². The van der Waals surface area contributed by atoms with E-state index in [1.165, 1.54) is 25.7 Å². The summed E-state index contributed by atoms with van der Waals surface area (Å²) >= 11 is 0. The third-order valence-electron chi connectivity index (χ3n) is 4.78. The monoisotopic (exact) mass is 252 g/mol. The zero-order valence-electron chi connectivity index (χ0n) is 12.1. The molecule has 1 saturated heterocycles. The second kappa shape index (κ2) is 6.05. The molecule has 2 unspecified atom stereocenters. The van der Waals surface area contributed by atoms with Crippen LogP contribution in [0.1, 0.15) is 52.4 Å². The van der Waals surface area contributed by atoms with Crippen LogP contribution in [-0.2, 0) is 4.79 Å². The Morgan fingerprint density at radius 2 is 1.94 bits per heavy atom. The molecule has 0 radical (unpaired) electrons. The van der Waals surface area contributed by atoms with Gasteiger partial charge in [0.15, 0.2) is 0 Å². The van der Waals surface area contributed by atoms with Crippen LogP contribution in [0, 0.1) is 11.8 Å². The highest BCUT2D eigenvalue weighted by Crippen LogP contribution is 2.28. The molecular weight excluding hydrogens is 224 g/mol. The summed E-state index contributed by atoms with van der Waals surface area (Å²) in [5, 5.41) is 3.42. The smallest absolute Gasteiger partial charge is 0.225 e. The van der Waals surface area contributed by atoms with Crippen LogP contribution in [0.25, 0.3) is 0 Å². The van der Waals surface area contributed by atoms with Crippen molar-refractivity contribution in [1.82, 2.24) is 10.2 Å². The van der Waals surface area contributed by atoms with Gasteiger partial charge in [0.05, 0.1) is 0 Å². The molecular formula is C15H28N2O. The van der Waals surface area contributed by atoms with Gasteiger partial charge < -0.3 is 10.2 Å². The van der Waals surface area contributed by atoms with Crippen LogP contribution >= 0.6 is 0 Å². The van der Waals surface area contributed by atoms with Crippen molar-refractivity contribution in [2.24, 2.45) is 11.8 Å².